The number of hydrazine groups is 2. The fraction of sp³-hybridized carbons (Fsp3) is 0.425. The van der Waals surface area contributed by atoms with Crippen LogP contribution in [0.2, 0.25) is 5.02 Å². The Morgan fingerprint density at radius 1 is 0.923 bits per heavy atom. The van der Waals surface area contributed by atoms with E-state index in [0.29, 0.717) is 41.9 Å². The van der Waals surface area contributed by atoms with Crippen molar-refractivity contribution < 1.29 is 50.4 Å². The van der Waals surface area contributed by atoms with E-state index in [4.69, 9.17) is 16.3 Å². The van der Waals surface area contributed by atoms with Gasteiger partial charge in [0.1, 0.15) is 6.29 Å². The summed E-state index contributed by atoms with van der Waals surface area (Å²) in [6, 6.07) is 17.4. The summed E-state index contributed by atoms with van der Waals surface area (Å²) in [6.45, 7) is 18.5. The Labute approximate surface area is 342 Å². The Hall–Kier alpha value is -3.52. The largest absolute Gasteiger partial charge is 2.00 e. The molecule has 0 saturated carbocycles. The molecule has 0 heterocycles. The first-order chi connectivity index (χ1) is 24.0. The summed E-state index contributed by atoms with van der Waals surface area (Å²) in [5, 5.41) is 11.3. The van der Waals surface area contributed by atoms with Gasteiger partial charge in [-0.25, -0.2) is 0 Å². The molecule has 3 rings (SSSR count). The Morgan fingerprint density at radius 2 is 1.52 bits per heavy atom. The van der Waals surface area contributed by atoms with Crippen molar-refractivity contribution >= 4 is 52.1 Å². The summed E-state index contributed by atoms with van der Waals surface area (Å²) in [6.07, 6.45) is 10.8. The molecule has 0 unspecified atom stereocenters. The Kier molecular flexibility index (Phi) is 38.1. The van der Waals surface area contributed by atoms with E-state index in [1.807, 2.05) is 52.0 Å². The van der Waals surface area contributed by atoms with Crippen molar-refractivity contribution in [3.05, 3.63) is 100 Å². The normalized spacial score (nSPS) is 9.13. The van der Waals surface area contributed by atoms with Gasteiger partial charge in [0, 0.05) is 24.3 Å². The fourth-order valence-electron chi connectivity index (χ4n) is 3.51. The average Bonchev–Trinajstić information content (AvgIpc) is 3.14. The summed E-state index contributed by atoms with van der Waals surface area (Å²) in [5.41, 5.74) is 16.9. The summed E-state index contributed by atoms with van der Waals surface area (Å²) in [7, 11) is 1.56. The molecular weight excluding hydrogens is 904 g/mol. The van der Waals surface area contributed by atoms with Crippen LogP contribution in [0.3, 0.4) is 0 Å². The maximum atomic E-state index is 11.1. The van der Waals surface area contributed by atoms with E-state index < -0.39 is 4.92 Å². The summed E-state index contributed by atoms with van der Waals surface area (Å²) in [5.74, 6) is 0.549. The molecule has 0 saturated heterocycles. The third-order valence-corrected chi connectivity index (χ3v) is 6.81. The van der Waals surface area contributed by atoms with Crippen LogP contribution in [0.1, 0.15) is 105 Å². The molecule has 3 aromatic rings. The number of unbranched alkanes of at least 4 members (excludes halogenated alkanes) is 3. The summed E-state index contributed by atoms with van der Waals surface area (Å²) >= 11 is 6.27. The zero-order chi connectivity index (χ0) is 38.3. The second-order valence-corrected chi connectivity index (χ2v) is 10.8. The number of ether oxygens (including phenoxy) is 1. The number of aldehydes is 1. The SMILES string of the molecule is CC.CCC(=O)/C=C\C=O.CCCC.CCCCC.CCc1cc([N+](=O)[O-])cc(Cl)c1NNc1c[c-]c(NNc2ccc(C)cc2)cc1OC.[CH3-].[U+2]. The average molecular weight is 966 g/mol. The van der Waals surface area contributed by atoms with Gasteiger partial charge in [0.25, 0.3) is 5.69 Å². The molecule has 0 aliphatic rings. The van der Waals surface area contributed by atoms with E-state index in [9.17, 15) is 19.7 Å². The van der Waals surface area contributed by atoms with E-state index in [2.05, 4.69) is 55.5 Å². The second-order valence-electron chi connectivity index (χ2n) is 10.4. The van der Waals surface area contributed by atoms with Crippen molar-refractivity contribution in [3.63, 3.8) is 0 Å². The van der Waals surface area contributed by atoms with Crippen molar-refractivity contribution in [2.75, 3.05) is 28.8 Å². The Bertz CT molecular complexity index is 1400. The first-order valence-electron chi connectivity index (χ1n) is 17.4. The number of benzene rings is 3. The predicted octanol–water partition coefficient (Wildman–Crippen LogP) is 12.0. The van der Waals surface area contributed by atoms with Gasteiger partial charge >= 0.3 is 31.1 Å². The number of nitrogens with one attached hydrogen (secondary N) is 4. The van der Waals surface area contributed by atoms with Crippen molar-refractivity contribution in [2.45, 2.75) is 107 Å². The van der Waals surface area contributed by atoms with E-state index in [1.165, 1.54) is 62.0 Å². The molecule has 0 amide bonds. The van der Waals surface area contributed by atoms with Crippen LogP contribution in [-0.4, -0.2) is 24.1 Å². The molecule has 0 aliphatic heterocycles. The number of anilines is 4. The van der Waals surface area contributed by atoms with Gasteiger partial charge in [0.15, 0.2) is 5.78 Å². The summed E-state index contributed by atoms with van der Waals surface area (Å²) in [4.78, 5) is 30.5. The smallest absolute Gasteiger partial charge is 0.520 e. The van der Waals surface area contributed by atoms with Gasteiger partial charge in [0.2, 0.25) is 0 Å². The van der Waals surface area contributed by atoms with Gasteiger partial charge < -0.3 is 33.9 Å². The number of nitro benzene ring substituents is 1. The number of aryl methyl sites for hydroxylation is 2. The minimum Gasteiger partial charge on any atom is -0.520 e. The van der Waals surface area contributed by atoms with Crippen LogP contribution in [0.15, 0.2) is 60.7 Å². The zero-order valence-corrected chi connectivity index (χ0v) is 38.1. The number of carbonyl (C=O) groups is 2. The van der Waals surface area contributed by atoms with E-state index in [0.717, 1.165) is 11.3 Å². The molecule has 10 nitrogen and oxygen atoms in total. The van der Waals surface area contributed by atoms with E-state index in [1.54, 1.807) is 26.2 Å². The van der Waals surface area contributed by atoms with Crippen LogP contribution < -0.4 is 26.4 Å². The number of hydrogen-bond acceptors (Lipinski definition) is 9. The van der Waals surface area contributed by atoms with E-state index in [-0.39, 0.29) is 55.0 Å². The zero-order valence-electron chi connectivity index (χ0n) is 33.2. The number of hydrogen-bond donors (Lipinski definition) is 4. The van der Waals surface area contributed by atoms with Gasteiger partial charge in [-0.05, 0) is 48.9 Å². The molecular formula is C40H62ClN5O5U. The van der Waals surface area contributed by atoms with Gasteiger partial charge in [0.05, 0.1) is 28.4 Å². The molecule has 288 valence electrons. The molecule has 3 aromatic carbocycles. The number of ketones is 1. The quantitative estimate of drug-likeness (QED) is 0.0386. The van der Waals surface area contributed by atoms with Crippen LogP contribution in [-0.2, 0) is 16.0 Å². The van der Waals surface area contributed by atoms with Crippen LogP contribution in [0.5, 0.6) is 5.75 Å². The minimum absolute atomic E-state index is 0. The van der Waals surface area contributed by atoms with Crippen LogP contribution in [0.25, 0.3) is 0 Å². The van der Waals surface area contributed by atoms with Gasteiger partial charge in [-0.2, -0.15) is 6.07 Å². The standard InChI is InChI=1S/C22H23ClN5O3.C6H8O2.C5H12.C4H10.C2H6.CH3.U/c1-4-15-11-18(28(29)30)13-19(23)22(15)27-26-20-10-9-17(12-21(20)31-3)25-24-16-7-5-14(2)6-8-16;1-2-6(8)4-3-5-7;1-3-5-4-2;1-3-4-2;1-2;;/h5-8,10-13,24-27H,4H2,1-3H3;3-5H,2H2,1H3;3-5H2,1-2H3;3-4H2,1-2H3;1-2H3;1H3;/q-1;;;;;-1;+2/b;4-3-;;;;;. The number of carbonyl (C=O) groups excluding carboxylic acids is 2. The number of nitrogens with zero attached hydrogens (tertiary/aromatic N) is 1. The monoisotopic (exact) mass is 965 g/mol. The molecule has 0 aromatic heterocycles. The molecule has 12 heteroatoms. The third-order valence-electron chi connectivity index (χ3n) is 6.51. The molecule has 4 N–H and O–H groups in total. The number of nitro groups is 1. The number of non-ortho nitro benzene ring substituents is 1. The number of allylic oxidation sites excluding steroid dienone is 2. The van der Waals surface area contributed by atoms with E-state index >= 15 is 0 Å². The first kappa shape index (κ1) is 55.2. The van der Waals surface area contributed by atoms with Gasteiger partial charge in [-0.15, -0.1) is 12.1 Å². The number of rotatable bonds is 15. The molecule has 52 heavy (non-hydrogen) atoms. The van der Waals surface area contributed by atoms with Crippen molar-refractivity contribution in [2.24, 2.45) is 0 Å². The molecule has 0 radical (unpaired) electrons. The van der Waals surface area contributed by atoms with Crippen molar-refractivity contribution in [1.82, 2.24) is 0 Å². The molecule has 0 spiro atoms. The molecule has 0 atom stereocenters. The predicted molar refractivity (Wildman–Crippen MR) is 219 cm³/mol. The van der Waals surface area contributed by atoms with Crippen LogP contribution in [0.4, 0.5) is 28.4 Å². The fourth-order valence-corrected chi connectivity index (χ4v) is 3.79. The third kappa shape index (κ3) is 24.6. The molecule has 0 bridgehead atoms. The van der Waals surface area contributed by atoms with Gasteiger partial charge in [-0.3, -0.25) is 19.7 Å². The van der Waals surface area contributed by atoms with Crippen LogP contribution >= 0.6 is 11.6 Å². The Morgan fingerprint density at radius 3 is 1.96 bits per heavy atom. The first-order valence-corrected chi connectivity index (χ1v) is 17.7. The number of methoxy groups -OCH3 is 1. The maximum absolute atomic E-state index is 11.1. The topological polar surface area (TPSA) is 135 Å². The molecule has 0 fully saturated rings. The molecule has 0 aliphatic carbocycles. The maximum Gasteiger partial charge on any atom is 2.00 e. The van der Waals surface area contributed by atoms with Gasteiger partial charge in [-0.1, -0.05) is 122 Å². The van der Waals surface area contributed by atoms with Crippen LogP contribution in [0, 0.1) is 61.6 Å². The number of halogens is 1. The van der Waals surface area contributed by atoms with Crippen molar-refractivity contribution in [1.29, 1.82) is 0 Å². The second kappa shape index (κ2) is 35.9. The van der Waals surface area contributed by atoms with Crippen molar-refractivity contribution in [3.8, 4) is 5.75 Å². The Balaban J connectivity index is -0.000000456. The minimum atomic E-state index is -0.462. The summed E-state index contributed by atoms with van der Waals surface area (Å²) < 4.78 is 5.47.